The maximum atomic E-state index is 14.6. The second-order valence-corrected chi connectivity index (χ2v) is 10.4. The minimum absolute atomic E-state index is 0.00131. The lowest BCUT2D eigenvalue weighted by molar-refractivity contribution is -0.149. The van der Waals surface area contributed by atoms with Crippen LogP contribution in [0.1, 0.15) is 51.5 Å². The van der Waals surface area contributed by atoms with Gasteiger partial charge < -0.3 is 24.7 Å². The first-order chi connectivity index (χ1) is 20.3. The number of Topliss-reactive ketones (excluding diaryl/α,β-unsaturated/α-hetero) is 1. The molecule has 11 heteroatoms. The molecule has 42 heavy (non-hydrogen) atoms. The van der Waals surface area contributed by atoms with Crippen LogP contribution in [0.15, 0.2) is 65.8 Å². The van der Waals surface area contributed by atoms with E-state index in [2.05, 4.69) is 5.16 Å². The number of hydrogen-bond acceptors (Lipinski definition) is 7. The minimum atomic E-state index is -1.07. The molecule has 0 aliphatic carbocycles. The molecule has 2 aliphatic heterocycles. The number of carboxylic acid groups (broad SMARTS) is 1. The number of carboxylic acids is 1. The van der Waals surface area contributed by atoms with Crippen LogP contribution >= 0.6 is 11.6 Å². The summed E-state index contributed by atoms with van der Waals surface area (Å²) in [6.45, 7) is 0.463. The van der Waals surface area contributed by atoms with Gasteiger partial charge in [-0.15, -0.1) is 0 Å². The Morgan fingerprint density at radius 2 is 1.86 bits per heavy atom. The van der Waals surface area contributed by atoms with E-state index in [1.165, 1.54) is 29.2 Å². The molecule has 9 nitrogen and oxygen atoms in total. The summed E-state index contributed by atoms with van der Waals surface area (Å²) in [6.07, 6.45) is -0.255. The van der Waals surface area contributed by atoms with Crippen LogP contribution < -0.4 is 4.74 Å². The topological polar surface area (TPSA) is 126 Å². The molecular weight excluding hydrogens is 567 g/mol. The Kier molecular flexibility index (Phi) is 8.84. The summed E-state index contributed by atoms with van der Waals surface area (Å²) in [6, 6.07) is 14.9. The Bertz CT molecular complexity index is 1540. The fourth-order valence-corrected chi connectivity index (χ4v) is 5.42. The third-order valence-electron chi connectivity index (χ3n) is 7.31. The molecular formula is C31H28ClFN2O7. The number of aliphatic hydroxyl groups excluding tert-OH is 1. The predicted molar refractivity (Wildman–Crippen MR) is 151 cm³/mol. The number of carbonyl (C=O) groups is 3. The number of hydrogen-bond donors (Lipinski definition) is 2. The van der Waals surface area contributed by atoms with Gasteiger partial charge in [0.25, 0.3) is 5.91 Å². The number of aromatic carboxylic acids is 1. The molecule has 3 aromatic carbocycles. The molecule has 0 bridgehead atoms. The first-order valence-electron chi connectivity index (χ1n) is 13.5. The van der Waals surface area contributed by atoms with Crippen molar-refractivity contribution in [3.8, 4) is 5.75 Å². The van der Waals surface area contributed by atoms with E-state index >= 15 is 0 Å². The van der Waals surface area contributed by atoms with Crippen molar-refractivity contribution in [3.63, 3.8) is 0 Å². The van der Waals surface area contributed by atoms with Gasteiger partial charge in [-0.25, -0.2) is 9.18 Å². The van der Waals surface area contributed by atoms with Crippen molar-refractivity contribution in [2.24, 2.45) is 5.16 Å². The van der Waals surface area contributed by atoms with Gasteiger partial charge in [0.05, 0.1) is 22.9 Å². The molecule has 0 aromatic heterocycles. The highest BCUT2D eigenvalue weighted by Gasteiger charge is 2.42. The van der Waals surface area contributed by atoms with E-state index in [0.717, 1.165) is 5.56 Å². The van der Waals surface area contributed by atoms with Crippen LogP contribution in [0.25, 0.3) is 0 Å². The lowest BCUT2D eigenvalue weighted by Gasteiger charge is -2.38. The fraction of sp³-hybridized carbons (Fsp3) is 0.290. The molecule has 2 heterocycles. The Hall–Kier alpha value is -4.28. The van der Waals surface area contributed by atoms with Gasteiger partial charge >= 0.3 is 5.97 Å². The quantitative estimate of drug-likeness (QED) is 0.334. The maximum Gasteiger partial charge on any atom is 0.335 e. The van der Waals surface area contributed by atoms with Crippen molar-refractivity contribution in [2.45, 2.75) is 37.8 Å². The summed E-state index contributed by atoms with van der Waals surface area (Å²) in [4.78, 5) is 45.9. The second-order valence-electron chi connectivity index (χ2n) is 10.0. The number of oxime groups is 1. The normalized spacial score (nSPS) is 17.7. The zero-order valence-corrected chi connectivity index (χ0v) is 23.2. The molecule has 0 saturated carbocycles. The van der Waals surface area contributed by atoms with Gasteiger partial charge in [-0.2, -0.15) is 0 Å². The van der Waals surface area contributed by atoms with Gasteiger partial charge in [-0.3, -0.25) is 9.59 Å². The van der Waals surface area contributed by atoms with Gasteiger partial charge in [0.2, 0.25) is 6.10 Å². The van der Waals surface area contributed by atoms with E-state index in [1.54, 1.807) is 36.4 Å². The van der Waals surface area contributed by atoms with E-state index in [9.17, 15) is 23.9 Å². The zero-order chi connectivity index (χ0) is 29.8. The number of fused-ring (bicyclic) bond motifs is 1. The number of halogens is 2. The average Bonchev–Trinajstić information content (AvgIpc) is 3.48. The summed E-state index contributed by atoms with van der Waals surface area (Å²) in [5.74, 6) is -1.89. The van der Waals surface area contributed by atoms with Crippen molar-refractivity contribution in [1.29, 1.82) is 0 Å². The summed E-state index contributed by atoms with van der Waals surface area (Å²) in [5, 5.41) is 22.3. The maximum absolute atomic E-state index is 14.6. The molecule has 0 spiro atoms. The van der Waals surface area contributed by atoms with Crippen molar-refractivity contribution < 1.29 is 38.6 Å². The molecule has 0 unspecified atom stereocenters. The number of ketones is 1. The monoisotopic (exact) mass is 594 g/mol. The Labute approximate surface area is 246 Å². The van der Waals surface area contributed by atoms with Crippen LogP contribution in [0.4, 0.5) is 4.39 Å². The highest BCUT2D eigenvalue weighted by molar-refractivity contribution is 6.31. The average molecular weight is 595 g/mol. The van der Waals surface area contributed by atoms with Crippen molar-refractivity contribution in [3.05, 3.63) is 99.3 Å². The van der Waals surface area contributed by atoms with Gasteiger partial charge in [-0.1, -0.05) is 47.1 Å². The standard InChI is InChI=1S/C31H28ClFN2O7/c32-23-6-1-5-22(28(23)33)24-17-27(42-34-24)30(38)35-13-12-20-21(4-2-7-26(20)41-15-3-14-36)29(35)25(37)16-18-8-10-19(11-9-18)31(39)40/h1-2,4-11,27,29,36H,3,12-17H2,(H,39,40)/t27-,29+/m1/s1. The zero-order valence-electron chi connectivity index (χ0n) is 22.5. The van der Waals surface area contributed by atoms with Crippen molar-refractivity contribution in [1.82, 2.24) is 4.90 Å². The van der Waals surface area contributed by atoms with E-state index in [-0.39, 0.29) is 53.6 Å². The van der Waals surface area contributed by atoms with Crippen LogP contribution in [0.2, 0.25) is 5.02 Å². The molecule has 3 aromatic rings. The smallest absolute Gasteiger partial charge is 0.335 e. The van der Waals surface area contributed by atoms with Gasteiger partial charge in [-0.05, 0) is 47.9 Å². The number of benzene rings is 3. The van der Waals surface area contributed by atoms with Gasteiger partial charge in [0.15, 0.2) is 11.6 Å². The fourth-order valence-electron chi connectivity index (χ4n) is 5.25. The van der Waals surface area contributed by atoms with E-state index in [4.69, 9.17) is 26.3 Å². The molecule has 0 radical (unpaired) electrons. The number of nitrogens with zero attached hydrogens (tertiary/aromatic N) is 2. The Morgan fingerprint density at radius 1 is 1.10 bits per heavy atom. The first-order valence-corrected chi connectivity index (χ1v) is 13.8. The summed E-state index contributed by atoms with van der Waals surface area (Å²) in [7, 11) is 0. The lowest BCUT2D eigenvalue weighted by atomic mass is 9.87. The van der Waals surface area contributed by atoms with Crippen LogP contribution in [-0.4, -0.2) is 64.3 Å². The number of amides is 1. The highest BCUT2D eigenvalue weighted by atomic mass is 35.5. The third-order valence-corrected chi connectivity index (χ3v) is 7.60. The van der Waals surface area contributed by atoms with Crippen molar-refractivity contribution >= 4 is 35.0 Å². The summed E-state index contributed by atoms with van der Waals surface area (Å²) in [5.41, 5.74) is 2.49. The van der Waals surface area contributed by atoms with Gasteiger partial charge in [0.1, 0.15) is 11.8 Å². The van der Waals surface area contributed by atoms with Crippen molar-refractivity contribution in [2.75, 3.05) is 19.8 Å². The van der Waals surface area contributed by atoms with Crippen LogP contribution in [0.5, 0.6) is 5.75 Å². The molecule has 2 N–H and O–H groups in total. The molecule has 0 fully saturated rings. The molecule has 1 amide bonds. The van der Waals surface area contributed by atoms with E-state index in [0.29, 0.717) is 36.3 Å². The first kappa shape index (κ1) is 29.2. The molecule has 2 atom stereocenters. The second kappa shape index (κ2) is 12.7. The summed E-state index contributed by atoms with van der Waals surface area (Å²) < 4.78 is 20.5. The van der Waals surface area contributed by atoms with E-state index in [1.807, 2.05) is 0 Å². The number of aliphatic hydroxyl groups is 1. The van der Waals surface area contributed by atoms with Crippen LogP contribution in [0, 0.1) is 5.82 Å². The molecule has 218 valence electrons. The van der Waals surface area contributed by atoms with Gasteiger partial charge in [0, 0.05) is 43.5 Å². The number of carbonyl (C=O) groups excluding carboxylic acids is 2. The molecule has 5 rings (SSSR count). The number of rotatable bonds is 10. The lowest BCUT2D eigenvalue weighted by Crippen LogP contribution is -2.48. The van der Waals surface area contributed by atoms with E-state index < -0.39 is 29.8 Å². The highest BCUT2D eigenvalue weighted by Crippen LogP contribution is 2.38. The third kappa shape index (κ3) is 6.00. The summed E-state index contributed by atoms with van der Waals surface area (Å²) >= 11 is 5.92. The molecule has 0 saturated heterocycles. The largest absolute Gasteiger partial charge is 0.493 e. The Morgan fingerprint density at radius 3 is 2.60 bits per heavy atom. The Balaban J connectivity index is 1.42. The van der Waals surface area contributed by atoms with Crippen LogP contribution in [0.3, 0.4) is 0 Å². The molecule has 2 aliphatic rings. The predicted octanol–water partition coefficient (Wildman–Crippen LogP) is 4.37. The number of ether oxygens (including phenoxy) is 1. The SMILES string of the molecule is O=C(O)c1ccc(CC(=O)[C@@H]2c3cccc(OCCCO)c3CCN2C(=O)[C@H]2CC(c3cccc(Cl)c3F)=NO2)cc1. The minimum Gasteiger partial charge on any atom is -0.493 e. The van der Waals surface area contributed by atoms with Crippen LogP contribution in [-0.2, 0) is 27.3 Å².